The van der Waals surface area contributed by atoms with Crippen molar-refractivity contribution in [3.8, 4) is 0 Å². The molecular formula is C19H26FN3O7S. The predicted octanol–water partition coefficient (Wildman–Crippen LogP) is 2.10. The zero-order valence-electron chi connectivity index (χ0n) is 17.6. The average Bonchev–Trinajstić information content (AvgIpc) is 2.98. The summed E-state index contributed by atoms with van der Waals surface area (Å²) in [6.07, 6.45) is -2.26. The van der Waals surface area contributed by atoms with Crippen LogP contribution in [-0.2, 0) is 19.6 Å². The van der Waals surface area contributed by atoms with Gasteiger partial charge in [-0.2, -0.15) is 8.42 Å². The monoisotopic (exact) mass is 459 g/mol. The maximum atomic E-state index is 14.8. The van der Waals surface area contributed by atoms with E-state index in [-0.39, 0.29) is 12.2 Å². The summed E-state index contributed by atoms with van der Waals surface area (Å²) in [5.74, 6) is -1.29. The van der Waals surface area contributed by atoms with Crippen LogP contribution in [0.3, 0.4) is 0 Å². The maximum absolute atomic E-state index is 14.8. The smallest absolute Gasteiger partial charge is 0.414 e. The van der Waals surface area contributed by atoms with Crippen molar-refractivity contribution in [1.29, 1.82) is 0 Å². The number of anilines is 2. The Hall–Kier alpha value is -2.60. The van der Waals surface area contributed by atoms with Crippen molar-refractivity contribution in [3.63, 3.8) is 0 Å². The van der Waals surface area contributed by atoms with Crippen molar-refractivity contribution in [2.24, 2.45) is 0 Å². The fourth-order valence-corrected chi connectivity index (χ4v) is 4.07. The zero-order valence-corrected chi connectivity index (χ0v) is 18.4. The molecule has 31 heavy (non-hydrogen) atoms. The molecule has 2 saturated heterocycles. The molecule has 2 aliphatic heterocycles. The Morgan fingerprint density at radius 1 is 1.26 bits per heavy atom. The molecule has 0 aromatic heterocycles. The van der Waals surface area contributed by atoms with Gasteiger partial charge in [-0.3, -0.25) is 9.45 Å². The highest BCUT2D eigenvalue weighted by Gasteiger charge is 2.35. The summed E-state index contributed by atoms with van der Waals surface area (Å²) in [7, 11) is -4.31. The number of ether oxygens (including phenoxy) is 2. The molecule has 10 nitrogen and oxygen atoms in total. The molecular weight excluding hydrogens is 433 g/mol. The molecule has 1 aromatic carbocycles. The Morgan fingerprint density at radius 3 is 2.45 bits per heavy atom. The Balaban J connectivity index is 1.63. The molecule has 2 heterocycles. The number of hydrogen-bond donors (Lipinski definition) is 1. The first-order valence-electron chi connectivity index (χ1n) is 9.78. The first kappa shape index (κ1) is 23.1. The number of hydrogen-bond acceptors (Lipinski definition) is 7. The quantitative estimate of drug-likeness (QED) is 0.681. The highest BCUT2D eigenvalue weighted by Crippen LogP contribution is 2.29. The number of carbonyl (C=O) groups excluding carboxylic acids is 2. The van der Waals surface area contributed by atoms with Gasteiger partial charge in [0.15, 0.2) is 0 Å². The Morgan fingerprint density at radius 2 is 1.90 bits per heavy atom. The summed E-state index contributed by atoms with van der Waals surface area (Å²) in [6, 6.07) is 4.24. The third-order valence-electron chi connectivity index (χ3n) is 4.79. The summed E-state index contributed by atoms with van der Waals surface area (Å²) in [4.78, 5) is 28.7. The van der Waals surface area contributed by atoms with E-state index in [0.717, 1.165) is 4.90 Å². The lowest BCUT2D eigenvalue weighted by molar-refractivity contribution is 0.0240. The molecule has 0 bridgehead atoms. The number of carbonyl (C=O) groups is 2. The summed E-state index contributed by atoms with van der Waals surface area (Å²) in [5.41, 5.74) is -0.0427. The summed E-state index contributed by atoms with van der Waals surface area (Å²) >= 11 is 0. The number of benzene rings is 1. The molecule has 1 atom stereocenters. The van der Waals surface area contributed by atoms with Crippen molar-refractivity contribution < 1.29 is 36.4 Å². The van der Waals surface area contributed by atoms with Crippen molar-refractivity contribution >= 4 is 33.7 Å². The van der Waals surface area contributed by atoms with Crippen LogP contribution < -0.4 is 9.80 Å². The fraction of sp³-hybridized carbons (Fsp3) is 0.579. The van der Waals surface area contributed by atoms with Gasteiger partial charge in [0, 0.05) is 26.2 Å². The van der Waals surface area contributed by atoms with E-state index in [1.165, 1.54) is 18.2 Å². The third kappa shape index (κ3) is 5.97. The minimum Gasteiger partial charge on any atom is -0.444 e. The van der Waals surface area contributed by atoms with E-state index in [1.807, 2.05) is 0 Å². The number of nitrogens with zero attached hydrogens (tertiary/aromatic N) is 3. The van der Waals surface area contributed by atoms with Gasteiger partial charge in [0.2, 0.25) is 0 Å². The van der Waals surface area contributed by atoms with Crippen molar-refractivity contribution in [1.82, 2.24) is 4.90 Å². The maximum Gasteiger partial charge on any atom is 0.414 e. The molecule has 2 fully saturated rings. The Bertz CT molecular complexity index is 956. The molecule has 2 amide bonds. The van der Waals surface area contributed by atoms with Crippen LogP contribution in [0, 0.1) is 5.82 Å². The Kier molecular flexibility index (Phi) is 6.33. The van der Waals surface area contributed by atoms with Crippen molar-refractivity contribution in [3.05, 3.63) is 24.0 Å². The fourth-order valence-electron chi connectivity index (χ4n) is 3.43. The predicted molar refractivity (Wildman–Crippen MR) is 110 cm³/mol. The van der Waals surface area contributed by atoms with Crippen LogP contribution in [0.15, 0.2) is 18.2 Å². The van der Waals surface area contributed by atoms with E-state index in [4.69, 9.17) is 14.0 Å². The number of piperazine rings is 1. The summed E-state index contributed by atoms with van der Waals surface area (Å²) < 4.78 is 56.0. The minimum atomic E-state index is -4.31. The lowest BCUT2D eigenvalue weighted by Gasteiger charge is -2.37. The van der Waals surface area contributed by atoms with Crippen LogP contribution in [0.1, 0.15) is 20.8 Å². The lowest BCUT2D eigenvalue weighted by atomic mass is 10.2. The van der Waals surface area contributed by atoms with Gasteiger partial charge in [0.1, 0.15) is 23.3 Å². The number of amides is 2. The molecule has 1 N–H and O–H groups in total. The number of rotatable bonds is 4. The second kappa shape index (κ2) is 8.50. The summed E-state index contributed by atoms with van der Waals surface area (Å²) in [5, 5.41) is 0. The first-order valence-corrected chi connectivity index (χ1v) is 11.4. The molecule has 0 unspecified atom stereocenters. The van der Waals surface area contributed by atoms with E-state index < -0.39 is 45.6 Å². The second-order valence-corrected chi connectivity index (χ2v) is 9.95. The molecule has 0 saturated carbocycles. The normalized spacial score (nSPS) is 20.1. The molecule has 0 spiro atoms. The number of halogens is 1. The van der Waals surface area contributed by atoms with Crippen LogP contribution in [0.5, 0.6) is 0 Å². The van der Waals surface area contributed by atoms with Crippen molar-refractivity contribution in [2.75, 3.05) is 48.3 Å². The lowest BCUT2D eigenvalue weighted by Crippen LogP contribution is -2.50. The van der Waals surface area contributed by atoms with Gasteiger partial charge in [0.05, 0.1) is 17.9 Å². The molecule has 3 rings (SSSR count). The molecule has 1 aromatic rings. The van der Waals surface area contributed by atoms with E-state index in [0.29, 0.717) is 31.9 Å². The number of cyclic esters (lactones) is 1. The van der Waals surface area contributed by atoms with E-state index in [1.54, 1.807) is 30.6 Å². The zero-order chi connectivity index (χ0) is 23.0. The molecule has 172 valence electrons. The minimum absolute atomic E-state index is 0.119. The van der Waals surface area contributed by atoms with Crippen molar-refractivity contribution in [2.45, 2.75) is 32.5 Å². The standard InChI is InChI=1S/C19H26FN3O7S/c1-19(2,3)30-17(24)22-8-6-21(7-9-22)16-5-4-13(10-15(16)20)23-11-14(29-18(23)25)12-31(26,27)28/h4-5,10,14H,6-9,11-12H2,1-3H3,(H,26,27,28)/t14-/m0/s1. The van der Waals surface area contributed by atoms with Crippen LogP contribution in [0.2, 0.25) is 0 Å². The van der Waals surface area contributed by atoms with Gasteiger partial charge in [0.25, 0.3) is 10.1 Å². The SMILES string of the molecule is CC(C)(C)OC(=O)N1CCN(c2ccc(N3C[C@@H](CS(=O)(=O)O)OC3=O)cc2F)CC1. The molecule has 0 aliphatic carbocycles. The van der Waals surface area contributed by atoms with Gasteiger partial charge in [-0.25, -0.2) is 14.0 Å². The molecule has 0 radical (unpaired) electrons. The van der Waals surface area contributed by atoms with Gasteiger partial charge in [-0.05, 0) is 39.0 Å². The highest BCUT2D eigenvalue weighted by atomic mass is 32.2. The van der Waals surface area contributed by atoms with Crippen LogP contribution in [0.4, 0.5) is 25.4 Å². The van der Waals surface area contributed by atoms with Crippen LogP contribution >= 0.6 is 0 Å². The average molecular weight is 459 g/mol. The first-order chi connectivity index (χ1) is 14.3. The van der Waals surface area contributed by atoms with Gasteiger partial charge < -0.3 is 19.3 Å². The van der Waals surface area contributed by atoms with E-state index in [9.17, 15) is 22.4 Å². The van der Waals surface area contributed by atoms with Gasteiger partial charge in [-0.1, -0.05) is 0 Å². The van der Waals surface area contributed by atoms with E-state index >= 15 is 0 Å². The molecule has 12 heteroatoms. The Labute approximate surface area is 180 Å². The summed E-state index contributed by atoms with van der Waals surface area (Å²) in [6.45, 7) is 6.84. The van der Waals surface area contributed by atoms with Gasteiger partial charge >= 0.3 is 12.2 Å². The largest absolute Gasteiger partial charge is 0.444 e. The highest BCUT2D eigenvalue weighted by molar-refractivity contribution is 7.85. The second-order valence-electron chi connectivity index (χ2n) is 8.46. The van der Waals surface area contributed by atoms with Crippen LogP contribution in [0.25, 0.3) is 0 Å². The topological polar surface area (TPSA) is 117 Å². The van der Waals surface area contributed by atoms with E-state index in [2.05, 4.69) is 0 Å². The van der Waals surface area contributed by atoms with Crippen LogP contribution in [-0.4, -0.2) is 80.2 Å². The molecule has 2 aliphatic rings. The third-order valence-corrected chi connectivity index (χ3v) is 5.58. The van der Waals surface area contributed by atoms with Gasteiger partial charge in [-0.15, -0.1) is 0 Å².